The molecule has 0 radical (unpaired) electrons. The second-order valence-corrected chi connectivity index (χ2v) is 8.21. The minimum atomic E-state index is 0.183. The van der Waals surface area contributed by atoms with Gasteiger partial charge in [-0.3, -0.25) is 4.79 Å². The average molecular weight is 392 g/mol. The van der Waals surface area contributed by atoms with Crippen molar-refractivity contribution in [3.8, 4) is 10.6 Å². The molecule has 0 spiro atoms. The molecule has 1 aliphatic rings. The molecule has 1 saturated heterocycles. The molecule has 0 saturated carbocycles. The Morgan fingerprint density at radius 2 is 2.04 bits per heavy atom. The van der Waals surface area contributed by atoms with Gasteiger partial charge in [0.15, 0.2) is 0 Å². The van der Waals surface area contributed by atoms with E-state index >= 15 is 0 Å². The number of aromatic nitrogens is 1. The fraction of sp³-hybridized carbons (Fsp3) is 0.304. The molecule has 5 heteroatoms. The number of carbonyl (C=O) groups excluding carboxylic acids is 1. The van der Waals surface area contributed by atoms with Crippen LogP contribution < -0.4 is 10.2 Å². The summed E-state index contributed by atoms with van der Waals surface area (Å²) in [6, 6.07) is 17.0. The highest BCUT2D eigenvalue weighted by Crippen LogP contribution is 2.26. The van der Waals surface area contributed by atoms with Crippen molar-refractivity contribution in [2.45, 2.75) is 39.3 Å². The Balaban J connectivity index is 1.40. The number of benzene rings is 2. The third-order valence-corrected chi connectivity index (χ3v) is 6.14. The summed E-state index contributed by atoms with van der Waals surface area (Å²) in [6.07, 6.45) is 1.61. The molecule has 1 amide bonds. The van der Waals surface area contributed by atoms with Crippen molar-refractivity contribution in [2.75, 3.05) is 11.4 Å². The summed E-state index contributed by atoms with van der Waals surface area (Å²) in [5.41, 5.74) is 5.67. The maximum atomic E-state index is 12.0. The molecule has 4 rings (SSSR count). The van der Waals surface area contributed by atoms with Gasteiger partial charge in [0.1, 0.15) is 5.01 Å². The molecule has 1 N–H and O–H groups in total. The van der Waals surface area contributed by atoms with E-state index in [1.807, 2.05) is 17.0 Å². The van der Waals surface area contributed by atoms with Crippen molar-refractivity contribution < 1.29 is 4.79 Å². The van der Waals surface area contributed by atoms with Gasteiger partial charge in [0.2, 0.25) is 5.91 Å². The lowest BCUT2D eigenvalue weighted by molar-refractivity contribution is -0.117. The summed E-state index contributed by atoms with van der Waals surface area (Å²) in [7, 11) is 0. The van der Waals surface area contributed by atoms with Crippen LogP contribution in [0.25, 0.3) is 10.6 Å². The van der Waals surface area contributed by atoms with Crippen LogP contribution in [0.15, 0.2) is 53.9 Å². The quantitative estimate of drug-likeness (QED) is 0.636. The fourth-order valence-corrected chi connectivity index (χ4v) is 4.30. The van der Waals surface area contributed by atoms with E-state index in [0.29, 0.717) is 6.42 Å². The van der Waals surface area contributed by atoms with Gasteiger partial charge in [-0.15, -0.1) is 11.3 Å². The van der Waals surface area contributed by atoms with E-state index in [4.69, 9.17) is 4.98 Å². The first-order valence-corrected chi connectivity index (χ1v) is 10.6. The van der Waals surface area contributed by atoms with Crippen molar-refractivity contribution in [3.63, 3.8) is 0 Å². The first-order valence-electron chi connectivity index (χ1n) is 9.75. The highest BCUT2D eigenvalue weighted by Gasteiger charge is 2.22. The zero-order chi connectivity index (χ0) is 19.5. The monoisotopic (exact) mass is 391 g/mol. The van der Waals surface area contributed by atoms with Crippen LogP contribution in [-0.2, 0) is 11.3 Å². The summed E-state index contributed by atoms with van der Waals surface area (Å²) >= 11 is 1.68. The van der Waals surface area contributed by atoms with Gasteiger partial charge in [0.25, 0.3) is 0 Å². The minimum absolute atomic E-state index is 0.183. The number of nitrogens with zero attached hydrogens (tertiary/aromatic N) is 2. The van der Waals surface area contributed by atoms with Crippen LogP contribution in [-0.4, -0.2) is 17.4 Å². The van der Waals surface area contributed by atoms with Gasteiger partial charge in [-0.2, -0.15) is 0 Å². The van der Waals surface area contributed by atoms with Gasteiger partial charge in [-0.25, -0.2) is 4.98 Å². The van der Waals surface area contributed by atoms with Crippen LogP contribution in [0.5, 0.6) is 0 Å². The van der Waals surface area contributed by atoms with Crippen LogP contribution in [0.3, 0.4) is 0 Å². The smallest absolute Gasteiger partial charge is 0.227 e. The highest BCUT2D eigenvalue weighted by molar-refractivity contribution is 7.13. The molecule has 2 aromatic carbocycles. The average Bonchev–Trinajstić information content (AvgIpc) is 3.36. The standard InChI is InChI=1S/C23H25N3OS/c1-16-8-10-18(11-9-16)23-25-20(15-28-23)14-24-17(2)19-5-3-6-21(13-19)26-12-4-7-22(26)27/h3,5-6,8-11,13,15,17,24H,4,7,12,14H2,1-2H3. The van der Waals surface area contributed by atoms with E-state index in [0.717, 1.165) is 41.5 Å². The molecular formula is C23H25N3OS. The van der Waals surface area contributed by atoms with Gasteiger partial charge in [-0.1, -0.05) is 42.0 Å². The molecule has 2 heterocycles. The van der Waals surface area contributed by atoms with Gasteiger partial charge < -0.3 is 10.2 Å². The molecule has 3 aromatic rings. The van der Waals surface area contributed by atoms with Crippen LogP contribution in [0, 0.1) is 6.92 Å². The number of carbonyl (C=O) groups is 1. The third kappa shape index (κ3) is 4.16. The van der Waals surface area contributed by atoms with E-state index in [1.54, 1.807) is 11.3 Å². The SMILES string of the molecule is Cc1ccc(-c2nc(CNC(C)c3cccc(N4CCCC4=O)c3)cs2)cc1. The van der Waals surface area contributed by atoms with Crippen molar-refractivity contribution in [1.29, 1.82) is 0 Å². The van der Waals surface area contributed by atoms with Crippen LogP contribution >= 0.6 is 11.3 Å². The van der Waals surface area contributed by atoms with Gasteiger partial charge in [-0.05, 0) is 38.0 Å². The molecule has 1 aromatic heterocycles. The molecule has 0 aliphatic carbocycles. The molecule has 4 nitrogen and oxygen atoms in total. The predicted molar refractivity (Wildman–Crippen MR) is 116 cm³/mol. The Labute approximate surface area is 170 Å². The second kappa shape index (κ2) is 8.25. The van der Waals surface area contributed by atoms with E-state index in [-0.39, 0.29) is 11.9 Å². The van der Waals surface area contributed by atoms with Crippen LogP contribution in [0.2, 0.25) is 0 Å². The lowest BCUT2D eigenvalue weighted by Gasteiger charge is -2.19. The molecule has 28 heavy (non-hydrogen) atoms. The Morgan fingerprint density at radius 3 is 2.79 bits per heavy atom. The van der Waals surface area contributed by atoms with Gasteiger partial charge in [0, 0.05) is 42.2 Å². The topological polar surface area (TPSA) is 45.2 Å². The zero-order valence-electron chi connectivity index (χ0n) is 16.3. The molecular weight excluding hydrogens is 366 g/mol. The first-order chi connectivity index (χ1) is 13.6. The molecule has 1 unspecified atom stereocenters. The number of aryl methyl sites for hydroxylation is 1. The zero-order valence-corrected chi connectivity index (χ0v) is 17.1. The lowest BCUT2D eigenvalue weighted by Crippen LogP contribution is -2.24. The van der Waals surface area contributed by atoms with Crippen LogP contribution in [0.4, 0.5) is 5.69 Å². The molecule has 144 valence electrons. The number of hydrogen-bond donors (Lipinski definition) is 1. The normalized spacial score (nSPS) is 15.2. The third-order valence-electron chi connectivity index (χ3n) is 5.19. The van der Waals surface area contributed by atoms with Gasteiger partial charge >= 0.3 is 0 Å². The van der Waals surface area contributed by atoms with Gasteiger partial charge in [0.05, 0.1) is 5.69 Å². The van der Waals surface area contributed by atoms with Crippen molar-refractivity contribution >= 4 is 22.9 Å². The fourth-order valence-electron chi connectivity index (χ4n) is 3.48. The molecule has 1 aliphatic heterocycles. The molecule has 1 atom stereocenters. The first kappa shape index (κ1) is 18.8. The Morgan fingerprint density at radius 1 is 1.21 bits per heavy atom. The number of rotatable bonds is 6. The minimum Gasteiger partial charge on any atom is -0.312 e. The maximum absolute atomic E-state index is 12.0. The Hall–Kier alpha value is -2.50. The number of nitrogens with one attached hydrogen (secondary N) is 1. The molecule has 1 fully saturated rings. The predicted octanol–water partition coefficient (Wildman–Crippen LogP) is 5.10. The second-order valence-electron chi connectivity index (χ2n) is 7.36. The van der Waals surface area contributed by atoms with E-state index in [2.05, 4.69) is 60.9 Å². The van der Waals surface area contributed by atoms with Crippen molar-refractivity contribution in [3.05, 3.63) is 70.7 Å². The summed E-state index contributed by atoms with van der Waals surface area (Å²) in [4.78, 5) is 18.7. The molecule has 0 bridgehead atoms. The van der Waals surface area contributed by atoms with Crippen LogP contribution in [0.1, 0.15) is 42.6 Å². The Bertz CT molecular complexity index is 964. The van der Waals surface area contributed by atoms with Crippen molar-refractivity contribution in [1.82, 2.24) is 10.3 Å². The maximum Gasteiger partial charge on any atom is 0.227 e. The number of anilines is 1. The summed E-state index contributed by atoms with van der Waals surface area (Å²) in [5.74, 6) is 0.226. The summed E-state index contributed by atoms with van der Waals surface area (Å²) < 4.78 is 0. The van der Waals surface area contributed by atoms with E-state index in [1.165, 1.54) is 11.1 Å². The summed E-state index contributed by atoms with van der Waals surface area (Å²) in [6.45, 7) is 5.79. The number of amides is 1. The number of hydrogen-bond acceptors (Lipinski definition) is 4. The highest BCUT2D eigenvalue weighted by atomic mass is 32.1. The van der Waals surface area contributed by atoms with Crippen molar-refractivity contribution in [2.24, 2.45) is 0 Å². The number of thiazole rings is 1. The lowest BCUT2D eigenvalue weighted by atomic mass is 10.1. The van der Waals surface area contributed by atoms with E-state index in [9.17, 15) is 4.79 Å². The Kier molecular flexibility index (Phi) is 5.55. The van der Waals surface area contributed by atoms with E-state index < -0.39 is 0 Å². The largest absolute Gasteiger partial charge is 0.312 e. The summed E-state index contributed by atoms with van der Waals surface area (Å²) in [5, 5.41) is 6.73.